The minimum Gasteiger partial charge on any atom is -0.375 e. The molecular weight excluding hydrogens is 276 g/mol. The first-order valence-corrected chi connectivity index (χ1v) is 6.55. The molecule has 1 aliphatic rings. The number of amides is 2. The highest BCUT2D eigenvalue weighted by Gasteiger charge is 2.22. The van der Waals surface area contributed by atoms with E-state index in [0.717, 1.165) is 0 Å². The molecule has 1 aromatic rings. The Bertz CT molecular complexity index is 578. The second-order valence-electron chi connectivity index (χ2n) is 4.75. The molecule has 1 saturated heterocycles. The lowest BCUT2D eigenvalue weighted by Gasteiger charge is -2.24. The van der Waals surface area contributed by atoms with E-state index in [9.17, 15) is 19.7 Å². The number of anilines is 1. The first kappa shape index (κ1) is 14.8. The van der Waals surface area contributed by atoms with Crippen LogP contribution in [0.15, 0.2) is 18.2 Å². The SMILES string of the molecule is CNC(=O)c1ccc(NC2CCC(=O)NC2)c([N+](=O)[O-])c1. The molecule has 0 aromatic heterocycles. The first-order chi connectivity index (χ1) is 10.0. The number of benzene rings is 1. The molecule has 8 heteroatoms. The van der Waals surface area contributed by atoms with E-state index >= 15 is 0 Å². The molecule has 0 radical (unpaired) electrons. The third-order valence-electron chi connectivity index (χ3n) is 3.31. The van der Waals surface area contributed by atoms with Crippen LogP contribution in [0.3, 0.4) is 0 Å². The molecule has 2 rings (SSSR count). The van der Waals surface area contributed by atoms with Gasteiger partial charge in [-0.2, -0.15) is 0 Å². The molecular formula is C13H16N4O4. The summed E-state index contributed by atoms with van der Waals surface area (Å²) >= 11 is 0. The largest absolute Gasteiger partial charge is 0.375 e. The summed E-state index contributed by atoms with van der Waals surface area (Å²) in [5, 5.41) is 19.3. The molecule has 0 saturated carbocycles. The van der Waals surface area contributed by atoms with Gasteiger partial charge in [0.15, 0.2) is 0 Å². The van der Waals surface area contributed by atoms with E-state index in [1.165, 1.54) is 25.2 Å². The van der Waals surface area contributed by atoms with Crippen LogP contribution < -0.4 is 16.0 Å². The Kier molecular flexibility index (Phi) is 4.36. The van der Waals surface area contributed by atoms with Crippen LogP contribution in [0.4, 0.5) is 11.4 Å². The van der Waals surface area contributed by atoms with Gasteiger partial charge in [0.2, 0.25) is 5.91 Å². The van der Waals surface area contributed by atoms with Crippen molar-refractivity contribution in [3.63, 3.8) is 0 Å². The molecule has 1 aliphatic heterocycles. The summed E-state index contributed by atoms with van der Waals surface area (Å²) < 4.78 is 0. The zero-order valence-corrected chi connectivity index (χ0v) is 11.5. The van der Waals surface area contributed by atoms with Gasteiger partial charge in [0, 0.05) is 37.7 Å². The molecule has 2 amide bonds. The number of hydrogen-bond acceptors (Lipinski definition) is 5. The van der Waals surface area contributed by atoms with Crippen LogP contribution in [0, 0.1) is 10.1 Å². The highest BCUT2D eigenvalue weighted by molar-refractivity contribution is 5.95. The quantitative estimate of drug-likeness (QED) is 0.557. The fourth-order valence-electron chi connectivity index (χ4n) is 2.17. The predicted molar refractivity (Wildman–Crippen MR) is 76.1 cm³/mol. The molecule has 0 aliphatic carbocycles. The Morgan fingerprint density at radius 1 is 1.48 bits per heavy atom. The van der Waals surface area contributed by atoms with Crippen molar-refractivity contribution in [2.45, 2.75) is 18.9 Å². The minimum absolute atomic E-state index is 0.0162. The third-order valence-corrected chi connectivity index (χ3v) is 3.31. The van der Waals surface area contributed by atoms with Gasteiger partial charge in [-0.05, 0) is 18.6 Å². The van der Waals surface area contributed by atoms with Crippen LogP contribution in [-0.2, 0) is 4.79 Å². The number of nitrogens with zero attached hydrogens (tertiary/aromatic N) is 1. The smallest absolute Gasteiger partial charge is 0.293 e. The number of hydrogen-bond donors (Lipinski definition) is 3. The van der Waals surface area contributed by atoms with Crippen molar-refractivity contribution in [2.24, 2.45) is 0 Å². The van der Waals surface area contributed by atoms with Gasteiger partial charge in [-0.1, -0.05) is 0 Å². The van der Waals surface area contributed by atoms with E-state index in [-0.39, 0.29) is 29.1 Å². The topological polar surface area (TPSA) is 113 Å². The number of carbonyl (C=O) groups is 2. The average molecular weight is 292 g/mol. The average Bonchev–Trinajstić information content (AvgIpc) is 2.49. The Balaban J connectivity index is 2.20. The van der Waals surface area contributed by atoms with Crippen LogP contribution in [0.1, 0.15) is 23.2 Å². The van der Waals surface area contributed by atoms with Crippen LogP contribution in [-0.4, -0.2) is 36.4 Å². The summed E-state index contributed by atoms with van der Waals surface area (Å²) in [7, 11) is 1.46. The fraction of sp³-hybridized carbons (Fsp3) is 0.385. The van der Waals surface area contributed by atoms with Gasteiger partial charge < -0.3 is 16.0 Å². The number of rotatable bonds is 4. The van der Waals surface area contributed by atoms with Crippen molar-refractivity contribution in [1.29, 1.82) is 0 Å². The monoisotopic (exact) mass is 292 g/mol. The van der Waals surface area contributed by atoms with E-state index in [4.69, 9.17) is 0 Å². The number of nitro groups is 1. The van der Waals surface area contributed by atoms with Crippen molar-refractivity contribution in [1.82, 2.24) is 10.6 Å². The van der Waals surface area contributed by atoms with Crippen molar-refractivity contribution in [3.05, 3.63) is 33.9 Å². The van der Waals surface area contributed by atoms with Crippen LogP contribution in [0.25, 0.3) is 0 Å². The molecule has 3 N–H and O–H groups in total. The maximum absolute atomic E-state index is 11.5. The highest BCUT2D eigenvalue weighted by Crippen LogP contribution is 2.27. The molecule has 21 heavy (non-hydrogen) atoms. The predicted octanol–water partition coefficient (Wildman–Crippen LogP) is 0.645. The Hall–Kier alpha value is -2.64. The van der Waals surface area contributed by atoms with Gasteiger partial charge in [-0.3, -0.25) is 19.7 Å². The lowest BCUT2D eigenvalue weighted by atomic mass is 10.1. The molecule has 0 spiro atoms. The Morgan fingerprint density at radius 3 is 2.81 bits per heavy atom. The number of nitro benzene ring substituents is 1. The summed E-state index contributed by atoms with van der Waals surface area (Å²) in [5.74, 6) is -0.396. The van der Waals surface area contributed by atoms with Gasteiger partial charge >= 0.3 is 0 Å². The van der Waals surface area contributed by atoms with Crippen LogP contribution >= 0.6 is 0 Å². The van der Waals surface area contributed by atoms with Gasteiger partial charge in [-0.15, -0.1) is 0 Å². The summed E-state index contributed by atoms with van der Waals surface area (Å²) in [5.41, 5.74) is 0.411. The fourth-order valence-corrected chi connectivity index (χ4v) is 2.17. The molecule has 1 aromatic carbocycles. The summed E-state index contributed by atoms with van der Waals surface area (Å²) in [6, 6.07) is 4.21. The lowest BCUT2D eigenvalue weighted by Crippen LogP contribution is -2.41. The summed E-state index contributed by atoms with van der Waals surface area (Å²) in [6.45, 7) is 0.424. The van der Waals surface area contributed by atoms with E-state index in [0.29, 0.717) is 25.1 Å². The second kappa shape index (κ2) is 6.21. The van der Waals surface area contributed by atoms with E-state index in [2.05, 4.69) is 16.0 Å². The molecule has 1 unspecified atom stereocenters. The minimum atomic E-state index is -0.532. The third kappa shape index (κ3) is 3.47. The second-order valence-corrected chi connectivity index (χ2v) is 4.75. The van der Waals surface area contributed by atoms with Gasteiger partial charge in [0.1, 0.15) is 5.69 Å². The van der Waals surface area contributed by atoms with E-state index < -0.39 is 4.92 Å². The molecule has 112 valence electrons. The first-order valence-electron chi connectivity index (χ1n) is 6.55. The maximum Gasteiger partial charge on any atom is 0.293 e. The summed E-state index contributed by atoms with van der Waals surface area (Å²) in [6.07, 6.45) is 1.00. The number of carbonyl (C=O) groups excluding carboxylic acids is 2. The Labute approximate surface area is 121 Å². The standard InChI is InChI=1S/C13H16N4O4/c1-14-13(19)8-2-4-10(11(6-8)17(20)21)16-9-3-5-12(18)15-7-9/h2,4,6,9,16H,3,5,7H2,1H3,(H,14,19)(H,15,18). The van der Waals surface area contributed by atoms with Crippen molar-refractivity contribution >= 4 is 23.2 Å². The number of nitrogens with one attached hydrogen (secondary N) is 3. The van der Waals surface area contributed by atoms with E-state index in [1.807, 2.05) is 0 Å². The highest BCUT2D eigenvalue weighted by atomic mass is 16.6. The normalized spacial score (nSPS) is 17.8. The van der Waals surface area contributed by atoms with Crippen LogP contribution in [0.2, 0.25) is 0 Å². The molecule has 8 nitrogen and oxygen atoms in total. The number of piperidine rings is 1. The zero-order chi connectivity index (χ0) is 15.4. The Morgan fingerprint density at radius 2 is 2.24 bits per heavy atom. The van der Waals surface area contributed by atoms with Gasteiger partial charge in [0.25, 0.3) is 11.6 Å². The lowest BCUT2D eigenvalue weighted by molar-refractivity contribution is -0.384. The van der Waals surface area contributed by atoms with Gasteiger partial charge in [0.05, 0.1) is 4.92 Å². The summed E-state index contributed by atoms with van der Waals surface area (Å²) in [4.78, 5) is 33.2. The molecule has 1 fully saturated rings. The van der Waals surface area contributed by atoms with Crippen molar-refractivity contribution in [3.8, 4) is 0 Å². The van der Waals surface area contributed by atoms with E-state index in [1.54, 1.807) is 0 Å². The van der Waals surface area contributed by atoms with Crippen molar-refractivity contribution in [2.75, 3.05) is 18.9 Å². The van der Waals surface area contributed by atoms with Crippen molar-refractivity contribution < 1.29 is 14.5 Å². The maximum atomic E-state index is 11.5. The van der Waals surface area contributed by atoms with Gasteiger partial charge in [-0.25, -0.2) is 0 Å². The zero-order valence-electron chi connectivity index (χ0n) is 11.5. The van der Waals surface area contributed by atoms with Crippen LogP contribution in [0.5, 0.6) is 0 Å². The molecule has 1 atom stereocenters. The molecule has 1 heterocycles. The molecule has 0 bridgehead atoms.